The van der Waals surface area contributed by atoms with Crippen LogP contribution >= 0.6 is 22.9 Å². The first-order valence-electron chi connectivity index (χ1n) is 12.4. The van der Waals surface area contributed by atoms with Crippen LogP contribution in [0.25, 0.3) is 10.1 Å². The number of rotatable bonds is 8. The molecule has 1 saturated carbocycles. The molecular formula is C27H28ClN3O4S. The van der Waals surface area contributed by atoms with E-state index in [2.05, 4.69) is 15.4 Å². The molecule has 1 saturated heterocycles. The number of amides is 1. The molecule has 2 aliphatic heterocycles. The topological polar surface area (TPSA) is 83.4 Å². The molecule has 36 heavy (non-hydrogen) atoms. The summed E-state index contributed by atoms with van der Waals surface area (Å²) in [6, 6.07) is 12.8. The van der Waals surface area contributed by atoms with Gasteiger partial charge >= 0.3 is 0 Å². The zero-order valence-electron chi connectivity index (χ0n) is 19.8. The van der Waals surface area contributed by atoms with E-state index in [1.165, 1.54) is 11.3 Å². The zero-order valence-corrected chi connectivity index (χ0v) is 21.4. The number of benzene rings is 2. The van der Waals surface area contributed by atoms with E-state index in [4.69, 9.17) is 21.2 Å². The SMILES string of the molecule is O=C(NC(CN1CCCC1)C(O)c1ccc(OC2CC2)cc1)C1=NOCc2c1ccc1sc(Cl)cc21. The van der Waals surface area contributed by atoms with E-state index < -0.39 is 12.1 Å². The van der Waals surface area contributed by atoms with Gasteiger partial charge in [-0.25, -0.2) is 0 Å². The molecule has 1 aliphatic carbocycles. The van der Waals surface area contributed by atoms with Crippen molar-refractivity contribution in [3.05, 3.63) is 63.5 Å². The Balaban J connectivity index is 1.24. The number of nitrogens with zero attached hydrogens (tertiary/aromatic N) is 2. The van der Waals surface area contributed by atoms with Crippen molar-refractivity contribution in [2.45, 2.75) is 50.5 Å². The van der Waals surface area contributed by atoms with Crippen molar-refractivity contribution in [2.75, 3.05) is 19.6 Å². The highest BCUT2D eigenvalue weighted by molar-refractivity contribution is 7.22. The number of thiophene rings is 1. The fourth-order valence-electron chi connectivity index (χ4n) is 4.95. The summed E-state index contributed by atoms with van der Waals surface area (Å²) in [5.74, 6) is 0.437. The predicted octanol–water partition coefficient (Wildman–Crippen LogP) is 4.64. The van der Waals surface area contributed by atoms with Crippen molar-refractivity contribution in [3.63, 3.8) is 0 Å². The van der Waals surface area contributed by atoms with Crippen LogP contribution in [0.5, 0.6) is 5.75 Å². The van der Waals surface area contributed by atoms with E-state index in [9.17, 15) is 9.90 Å². The standard InChI is InChI=1S/C27H28ClN3O4S/c28-24-13-20-21-15-34-30-25(19(21)9-10-23(20)36-24)27(33)29-22(14-31-11-1-2-12-31)26(32)16-3-5-17(6-4-16)35-18-7-8-18/h3-6,9-10,13,18,22,26,32H,1-2,7-8,11-12,14-15H2,(H,29,33). The first kappa shape index (κ1) is 23.7. The number of nitrogens with one attached hydrogen (secondary N) is 1. The Kier molecular flexibility index (Phi) is 6.60. The van der Waals surface area contributed by atoms with Gasteiger partial charge in [0.25, 0.3) is 5.91 Å². The number of hydrogen-bond donors (Lipinski definition) is 2. The third kappa shape index (κ3) is 4.95. The van der Waals surface area contributed by atoms with Crippen LogP contribution < -0.4 is 10.1 Å². The average Bonchev–Trinajstić information content (AvgIpc) is 3.38. The normalized spacial score (nSPS) is 19.3. The molecule has 2 unspecified atom stereocenters. The Morgan fingerprint density at radius 2 is 2.00 bits per heavy atom. The molecule has 9 heteroatoms. The lowest BCUT2D eigenvalue weighted by molar-refractivity contribution is -0.116. The number of hydrogen-bond acceptors (Lipinski definition) is 7. The molecule has 1 amide bonds. The van der Waals surface area contributed by atoms with Crippen LogP contribution in [0.4, 0.5) is 0 Å². The van der Waals surface area contributed by atoms with Crippen LogP contribution in [0.3, 0.4) is 0 Å². The smallest absolute Gasteiger partial charge is 0.274 e. The number of ether oxygens (including phenoxy) is 1. The molecule has 0 bridgehead atoms. The summed E-state index contributed by atoms with van der Waals surface area (Å²) in [6.45, 7) is 2.74. The number of aliphatic hydroxyl groups excluding tert-OH is 1. The van der Waals surface area contributed by atoms with Gasteiger partial charge in [-0.3, -0.25) is 4.79 Å². The number of likely N-dealkylation sites (tertiary alicyclic amines) is 1. The summed E-state index contributed by atoms with van der Waals surface area (Å²) < 4.78 is 7.57. The van der Waals surface area contributed by atoms with Gasteiger partial charge in [-0.2, -0.15) is 0 Å². The molecular weight excluding hydrogens is 498 g/mol. The summed E-state index contributed by atoms with van der Waals surface area (Å²) in [5, 5.41) is 19.5. The molecule has 7 nitrogen and oxygen atoms in total. The molecule has 2 aromatic carbocycles. The van der Waals surface area contributed by atoms with Gasteiger partial charge in [0.1, 0.15) is 18.5 Å². The summed E-state index contributed by atoms with van der Waals surface area (Å²) in [7, 11) is 0. The van der Waals surface area contributed by atoms with Gasteiger partial charge in [-0.15, -0.1) is 11.3 Å². The van der Waals surface area contributed by atoms with Gasteiger partial charge in [-0.05, 0) is 68.6 Å². The number of carbonyl (C=O) groups is 1. The highest BCUT2D eigenvalue weighted by atomic mass is 35.5. The first-order valence-corrected chi connectivity index (χ1v) is 13.6. The summed E-state index contributed by atoms with van der Waals surface area (Å²) in [6.07, 6.45) is 3.86. The molecule has 2 atom stereocenters. The lowest BCUT2D eigenvalue weighted by atomic mass is 9.97. The summed E-state index contributed by atoms with van der Waals surface area (Å²) >= 11 is 7.73. The van der Waals surface area contributed by atoms with E-state index in [1.54, 1.807) is 0 Å². The van der Waals surface area contributed by atoms with E-state index in [0.29, 0.717) is 17.0 Å². The Labute approximate surface area is 218 Å². The number of oxime groups is 1. The first-order chi connectivity index (χ1) is 17.5. The highest BCUT2D eigenvalue weighted by Gasteiger charge is 2.31. The van der Waals surface area contributed by atoms with Crippen molar-refractivity contribution in [2.24, 2.45) is 5.16 Å². The second-order valence-corrected chi connectivity index (χ2v) is 11.4. The number of halogens is 1. The van der Waals surface area contributed by atoms with Gasteiger partial charge < -0.3 is 24.9 Å². The van der Waals surface area contributed by atoms with Crippen LogP contribution in [0.15, 0.2) is 47.6 Å². The van der Waals surface area contributed by atoms with Crippen LogP contribution in [0.1, 0.15) is 48.5 Å². The molecule has 2 N–H and O–H groups in total. The molecule has 0 radical (unpaired) electrons. The fourth-order valence-corrected chi connectivity index (χ4v) is 6.12. The Morgan fingerprint density at radius 1 is 1.22 bits per heavy atom. The lowest BCUT2D eigenvalue weighted by Gasteiger charge is -2.29. The van der Waals surface area contributed by atoms with Gasteiger partial charge in [0.05, 0.1) is 16.5 Å². The predicted molar refractivity (Wildman–Crippen MR) is 141 cm³/mol. The third-order valence-electron chi connectivity index (χ3n) is 7.02. The van der Waals surface area contributed by atoms with E-state index in [-0.39, 0.29) is 18.2 Å². The molecule has 2 fully saturated rings. The van der Waals surface area contributed by atoms with Gasteiger partial charge in [0.15, 0.2) is 5.71 Å². The van der Waals surface area contributed by atoms with Crippen molar-refractivity contribution < 1.29 is 19.5 Å². The number of fused-ring (bicyclic) bond motifs is 3. The van der Waals surface area contributed by atoms with Gasteiger partial charge in [0.2, 0.25) is 0 Å². The summed E-state index contributed by atoms with van der Waals surface area (Å²) in [5.41, 5.74) is 2.59. The van der Waals surface area contributed by atoms with Crippen LogP contribution in [0, 0.1) is 0 Å². The molecule has 188 valence electrons. The van der Waals surface area contributed by atoms with Gasteiger partial charge in [0, 0.05) is 27.8 Å². The Hall–Kier alpha value is -2.65. The Bertz CT molecular complexity index is 1300. The van der Waals surface area contributed by atoms with E-state index in [1.807, 2.05) is 42.5 Å². The maximum Gasteiger partial charge on any atom is 0.274 e. The summed E-state index contributed by atoms with van der Waals surface area (Å²) in [4.78, 5) is 21.2. The molecule has 3 aliphatic rings. The maximum absolute atomic E-state index is 13.5. The highest BCUT2D eigenvalue weighted by Crippen LogP contribution is 2.35. The Morgan fingerprint density at radius 3 is 2.75 bits per heavy atom. The molecule has 3 heterocycles. The van der Waals surface area contributed by atoms with Crippen LogP contribution in [-0.2, 0) is 16.2 Å². The molecule has 0 spiro atoms. The minimum atomic E-state index is -0.882. The van der Waals surface area contributed by atoms with Crippen molar-refractivity contribution in [1.29, 1.82) is 0 Å². The lowest BCUT2D eigenvalue weighted by Crippen LogP contribution is -2.49. The minimum absolute atomic E-state index is 0.215. The quantitative estimate of drug-likeness (QED) is 0.447. The largest absolute Gasteiger partial charge is 0.490 e. The van der Waals surface area contributed by atoms with E-state index >= 15 is 0 Å². The minimum Gasteiger partial charge on any atom is -0.490 e. The van der Waals surface area contributed by atoms with Crippen LogP contribution in [0.2, 0.25) is 4.34 Å². The average molecular weight is 526 g/mol. The van der Waals surface area contributed by atoms with Crippen molar-refractivity contribution in [1.82, 2.24) is 10.2 Å². The number of aliphatic hydroxyl groups is 1. The second kappa shape index (κ2) is 10.0. The monoisotopic (exact) mass is 525 g/mol. The van der Waals surface area contributed by atoms with Crippen molar-refractivity contribution in [3.8, 4) is 5.75 Å². The molecule has 3 aromatic rings. The second-order valence-electron chi connectivity index (χ2n) is 9.69. The zero-order chi connectivity index (χ0) is 24.6. The maximum atomic E-state index is 13.5. The molecule has 1 aromatic heterocycles. The van der Waals surface area contributed by atoms with Gasteiger partial charge in [-0.1, -0.05) is 35.0 Å². The van der Waals surface area contributed by atoms with E-state index in [0.717, 1.165) is 71.3 Å². The van der Waals surface area contributed by atoms with Crippen LogP contribution in [-0.4, -0.2) is 53.4 Å². The fraction of sp³-hybridized carbons (Fsp3) is 0.407. The number of carbonyl (C=O) groups excluding carboxylic acids is 1. The van der Waals surface area contributed by atoms with Crippen molar-refractivity contribution >= 4 is 44.6 Å². The third-order valence-corrected chi connectivity index (χ3v) is 8.25. The molecule has 6 rings (SSSR count).